The fourth-order valence-corrected chi connectivity index (χ4v) is 1.80. The predicted octanol–water partition coefficient (Wildman–Crippen LogP) is 1.67. The highest BCUT2D eigenvalue weighted by Gasteiger charge is 2.38. The third kappa shape index (κ3) is 5.52. The number of rotatable bonds is 3. The van der Waals surface area contributed by atoms with Gasteiger partial charge in [-0.25, -0.2) is 9.78 Å². The largest absolute Gasteiger partial charge is 0.477 e. The number of carboxylic acids is 1. The Morgan fingerprint density at radius 2 is 1.86 bits per heavy atom. The van der Waals surface area contributed by atoms with Crippen LogP contribution in [0.4, 0.5) is 18.9 Å². The van der Waals surface area contributed by atoms with Crippen molar-refractivity contribution in [2.75, 3.05) is 5.32 Å². The average molecular weight is 394 g/mol. The van der Waals surface area contributed by atoms with Gasteiger partial charge in [-0.1, -0.05) is 18.7 Å². The van der Waals surface area contributed by atoms with Gasteiger partial charge in [0.1, 0.15) is 11.4 Å². The minimum atomic E-state index is -5.00. The van der Waals surface area contributed by atoms with Gasteiger partial charge >= 0.3 is 18.1 Å². The molecule has 0 aliphatic heterocycles. The van der Waals surface area contributed by atoms with Crippen molar-refractivity contribution in [1.82, 2.24) is 19.9 Å². The average Bonchev–Trinajstić information content (AvgIpc) is 3.21. The molecule has 0 spiro atoms. The summed E-state index contributed by atoms with van der Waals surface area (Å²) in [6.45, 7) is 0. The van der Waals surface area contributed by atoms with E-state index in [1.807, 2.05) is 0 Å². The number of carbonyl (C=O) groups excluding carboxylic acids is 1. The third-order valence-corrected chi connectivity index (χ3v) is 3.08. The Balaban J connectivity index is 0.000000485. The lowest BCUT2D eigenvalue weighted by Gasteiger charge is -2.08. The smallest absolute Gasteiger partial charge is 0.471 e. The topological polar surface area (TPSA) is 139 Å². The Morgan fingerprint density at radius 1 is 1.18 bits per heavy atom. The highest BCUT2D eigenvalue weighted by Crippen LogP contribution is 2.20. The molecule has 0 radical (unpaired) electrons. The first-order valence-electron chi connectivity index (χ1n) is 7.36. The van der Waals surface area contributed by atoms with E-state index in [0.29, 0.717) is 5.56 Å². The van der Waals surface area contributed by atoms with Gasteiger partial charge in [0.25, 0.3) is 5.56 Å². The van der Waals surface area contributed by atoms with Gasteiger partial charge in [0.15, 0.2) is 0 Å². The van der Waals surface area contributed by atoms with Crippen LogP contribution < -0.4 is 15.9 Å². The summed E-state index contributed by atoms with van der Waals surface area (Å²) in [6.07, 6.45) is 0.647. The van der Waals surface area contributed by atoms with Crippen LogP contribution in [0.1, 0.15) is 10.4 Å². The number of anilines is 1. The van der Waals surface area contributed by atoms with Gasteiger partial charge < -0.3 is 25.4 Å². The van der Waals surface area contributed by atoms with E-state index in [2.05, 4.69) is 19.9 Å². The highest BCUT2D eigenvalue weighted by molar-refractivity contribution is 5.95. The van der Waals surface area contributed by atoms with Gasteiger partial charge in [-0.2, -0.15) is 13.2 Å². The summed E-state index contributed by atoms with van der Waals surface area (Å²) in [6, 6.07) is 4.99. The molecular formula is C16H11F3N5O4-. The van der Waals surface area contributed by atoms with Crippen LogP contribution in [0.15, 0.2) is 54.0 Å². The Morgan fingerprint density at radius 3 is 2.29 bits per heavy atom. The van der Waals surface area contributed by atoms with Crippen molar-refractivity contribution >= 4 is 17.6 Å². The number of aromatic nitrogens is 4. The Kier molecular flexibility index (Phi) is 6.26. The Bertz CT molecular complexity index is 981. The van der Waals surface area contributed by atoms with Crippen molar-refractivity contribution in [1.29, 1.82) is 0 Å². The molecule has 3 rings (SSSR count). The van der Waals surface area contributed by atoms with E-state index in [0.717, 1.165) is 6.20 Å². The molecule has 3 aromatic rings. The lowest BCUT2D eigenvalue weighted by Crippen LogP contribution is -2.29. The predicted molar refractivity (Wildman–Crippen MR) is 89.5 cm³/mol. The molecule has 2 aromatic heterocycles. The molecule has 0 bridgehead atoms. The molecule has 12 heteroatoms. The number of amides is 1. The number of alkyl halides is 3. The summed E-state index contributed by atoms with van der Waals surface area (Å²) in [5, 5.41) is 10.4. The molecule has 0 atom stereocenters. The van der Waals surface area contributed by atoms with Crippen LogP contribution in [0.3, 0.4) is 0 Å². The van der Waals surface area contributed by atoms with Crippen molar-refractivity contribution in [2.45, 2.75) is 6.18 Å². The van der Waals surface area contributed by atoms with E-state index >= 15 is 0 Å². The van der Waals surface area contributed by atoms with Crippen molar-refractivity contribution in [3.05, 3.63) is 65.1 Å². The summed E-state index contributed by atoms with van der Waals surface area (Å²) in [5.74, 6) is -3.51. The molecule has 2 heterocycles. The van der Waals surface area contributed by atoms with E-state index in [4.69, 9.17) is 5.11 Å². The second-order valence-electron chi connectivity index (χ2n) is 5.02. The zero-order valence-corrected chi connectivity index (χ0v) is 13.8. The van der Waals surface area contributed by atoms with Crippen LogP contribution in [0, 0.1) is 0 Å². The standard InChI is InChI=1S/C13H8F3N3O4.C3H3N2/c14-13(15,16)12(23)18-7-3-1-6(2-4-7)9-17-5-8(11(21)22)10(20)19-9;1-2-5-3-4-1/h1-5H,(H,18,23)(H,21,22)(H,17,19,20);1-3H/q;-1. The molecular weight excluding hydrogens is 383 g/mol. The number of benzene rings is 1. The molecule has 1 amide bonds. The number of hydrogen-bond acceptors (Lipinski definition) is 5. The molecule has 0 aliphatic carbocycles. The van der Waals surface area contributed by atoms with Crippen LogP contribution in [-0.2, 0) is 4.79 Å². The van der Waals surface area contributed by atoms with E-state index < -0.39 is 29.2 Å². The van der Waals surface area contributed by atoms with Crippen LogP contribution in [0.5, 0.6) is 0 Å². The van der Waals surface area contributed by atoms with E-state index in [1.54, 1.807) is 17.7 Å². The monoisotopic (exact) mass is 394 g/mol. The molecule has 0 unspecified atom stereocenters. The van der Waals surface area contributed by atoms with Crippen LogP contribution in [-0.4, -0.2) is 38.1 Å². The van der Waals surface area contributed by atoms with E-state index in [1.165, 1.54) is 30.6 Å². The first-order chi connectivity index (χ1) is 13.2. The number of halogens is 3. The van der Waals surface area contributed by atoms with E-state index in [9.17, 15) is 27.6 Å². The first kappa shape index (κ1) is 20.4. The molecule has 3 N–H and O–H groups in total. The van der Waals surface area contributed by atoms with Gasteiger partial charge in [0.05, 0.1) is 0 Å². The molecule has 1 aromatic carbocycles. The second-order valence-corrected chi connectivity index (χ2v) is 5.02. The Hall–Kier alpha value is -3.96. The molecule has 0 saturated heterocycles. The maximum absolute atomic E-state index is 12.1. The maximum Gasteiger partial charge on any atom is 0.471 e. The van der Waals surface area contributed by atoms with Crippen LogP contribution in [0.2, 0.25) is 0 Å². The van der Waals surface area contributed by atoms with Crippen molar-refractivity contribution in [2.24, 2.45) is 0 Å². The quantitative estimate of drug-likeness (QED) is 0.614. The van der Waals surface area contributed by atoms with Crippen molar-refractivity contribution < 1.29 is 27.9 Å². The molecule has 0 saturated carbocycles. The number of nitrogens with one attached hydrogen (secondary N) is 2. The van der Waals surface area contributed by atoms with Crippen molar-refractivity contribution in [3.8, 4) is 11.4 Å². The lowest BCUT2D eigenvalue weighted by molar-refractivity contribution is -0.167. The number of aromatic carboxylic acids is 1. The van der Waals surface area contributed by atoms with Gasteiger partial charge in [-0.15, -0.1) is 0 Å². The molecule has 146 valence electrons. The summed E-state index contributed by atoms with van der Waals surface area (Å²) in [7, 11) is 0. The number of carboxylic acid groups (broad SMARTS) is 1. The maximum atomic E-state index is 12.1. The lowest BCUT2D eigenvalue weighted by atomic mass is 10.2. The number of nitrogens with zero attached hydrogens (tertiary/aromatic N) is 3. The summed E-state index contributed by atoms with van der Waals surface area (Å²) in [5.41, 5.74) is -1.18. The molecule has 0 fully saturated rings. The zero-order chi connectivity index (χ0) is 20.7. The van der Waals surface area contributed by atoms with Gasteiger partial charge in [0, 0.05) is 17.4 Å². The fourth-order valence-electron chi connectivity index (χ4n) is 1.80. The normalized spacial score (nSPS) is 10.5. The second kappa shape index (κ2) is 8.62. The number of H-pyrrole nitrogens is 1. The molecule has 0 aliphatic rings. The number of aromatic amines is 1. The summed E-state index contributed by atoms with van der Waals surface area (Å²) >= 11 is 0. The first-order valence-corrected chi connectivity index (χ1v) is 7.36. The minimum absolute atomic E-state index is 0.0358. The fraction of sp³-hybridized carbons (Fsp3) is 0.0625. The van der Waals surface area contributed by atoms with Crippen molar-refractivity contribution in [3.63, 3.8) is 0 Å². The summed E-state index contributed by atoms with van der Waals surface area (Å²) in [4.78, 5) is 46.2. The van der Waals surface area contributed by atoms with Gasteiger partial charge in [-0.3, -0.25) is 9.59 Å². The molecule has 9 nitrogen and oxygen atoms in total. The van der Waals surface area contributed by atoms with Crippen LogP contribution in [0.25, 0.3) is 11.4 Å². The van der Waals surface area contributed by atoms with Gasteiger partial charge in [0.2, 0.25) is 0 Å². The highest BCUT2D eigenvalue weighted by atomic mass is 19.4. The SMILES string of the molecule is O=C(O)c1cnc(-c2ccc(NC(=O)C(F)(F)F)cc2)[nH]c1=O.c1c[n-]cn1. The number of imidazole rings is 1. The number of carbonyl (C=O) groups is 2. The van der Waals surface area contributed by atoms with Gasteiger partial charge in [-0.05, 0) is 24.3 Å². The zero-order valence-electron chi connectivity index (χ0n) is 13.8. The number of hydrogen-bond donors (Lipinski definition) is 3. The van der Waals surface area contributed by atoms with E-state index in [-0.39, 0.29) is 11.5 Å². The Labute approximate surface area is 154 Å². The third-order valence-electron chi connectivity index (χ3n) is 3.08. The van der Waals surface area contributed by atoms with Crippen LogP contribution >= 0.6 is 0 Å². The minimum Gasteiger partial charge on any atom is -0.477 e. The summed E-state index contributed by atoms with van der Waals surface area (Å²) < 4.78 is 36.4. The molecule has 28 heavy (non-hydrogen) atoms.